The number of anilines is 1. The van der Waals surface area contributed by atoms with Gasteiger partial charge in [-0.25, -0.2) is 18.6 Å². The first-order chi connectivity index (χ1) is 18.9. The lowest BCUT2D eigenvalue weighted by Crippen LogP contribution is -2.39. The molecule has 1 aliphatic rings. The highest BCUT2D eigenvalue weighted by molar-refractivity contribution is 6.31. The molecule has 1 amide bonds. The number of halogens is 3. The van der Waals surface area contributed by atoms with E-state index in [1.54, 1.807) is 10.8 Å². The Labute approximate surface area is 229 Å². The average Bonchev–Trinajstić information content (AvgIpc) is 3.21. The Bertz CT molecular complexity index is 1530. The second-order valence-electron chi connectivity index (χ2n) is 9.87. The number of amides is 1. The SMILES string of the molecule is CCNc1ccc(-n2c(=O)n(CC3CCC(NC(=O)c4cc(Cl)ccc4C(F)F)CC3)c3ccccc32)cn1. The number of pyridine rings is 1. The second-order valence-corrected chi connectivity index (χ2v) is 10.3. The van der Waals surface area contributed by atoms with Gasteiger partial charge in [0.1, 0.15) is 5.82 Å². The van der Waals surface area contributed by atoms with Crippen molar-refractivity contribution < 1.29 is 13.6 Å². The van der Waals surface area contributed by atoms with Crippen LogP contribution in [-0.2, 0) is 6.54 Å². The van der Waals surface area contributed by atoms with Crippen molar-refractivity contribution in [2.75, 3.05) is 11.9 Å². The number of imidazole rings is 1. The lowest BCUT2D eigenvalue weighted by Gasteiger charge is -2.29. The molecule has 2 N–H and O–H groups in total. The molecule has 0 unspecified atom stereocenters. The number of hydrogen-bond donors (Lipinski definition) is 2. The van der Waals surface area contributed by atoms with Gasteiger partial charge in [0.15, 0.2) is 0 Å². The minimum Gasteiger partial charge on any atom is -0.370 e. The van der Waals surface area contributed by atoms with Gasteiger partial charge in [-0.1, -0.05) is 29.8 Å². The summed E-state index contributed by atoms with van der Waals surface area (Å²) in [6.07, 6.45) is 1.93. The molecule has 0 radical (unpaired) electrons. The molecule has 0 saturated heterocycles. The normalized spacial score (nSPS) is 17.5. The molecular weight excluding hydrogens is 524 g/mol. The second kappa shape index (κ2) is 11.6. The molecule has 0 atom stereocenters. The van der Waals surface area contributed by atoms with Crippen LogP contribution >= 0.6 is 11.6 Å². The van der Waals surface area contributed by atoms with Crippen LogP contribution in [0.3, 0.4) is 0 Å². The Hall–Kier alpha value is -3.72. The van der Waals surface area contributed by atoms with E-state index in [4.69, 9.17) is 11.6 Å². The third kappa shape index (κ3) is 5.68. The van der Waals surface area contributed by atoms with E-state index in [1.165, 1.54) is 18.2 Å². The maximum atomic E-state index is 13.6. The molecule has 1 fully saturated rings. The van der Waals surface area contributed by atoms with Crippen LogP contribution in [0.25, 0.3) is 16.7 Å². The molecule has 204 valence electrons. The van der Waals surface area contributed by atoms with Gasteiger partial charge >= 0.3 is 5.69 Å². The molecule has 0 spiro atoms. The Morgan fingerprint density at radius 2 is 1.82 bits per heavy atom. The Morgan fingerprint density at radius 3 is 2.49 bits per heavy atom. The Kier molecular flexibility index (Phi) is 7.97. The summed E-state index contributed by atoms with van der Waals surface area (Å²) in [7, 11) is 0. The van der Waals surface area contributed by atoms with E-state index in [0.717, 1.165) is 36.2 Å². The fourth-order valence-corrected chi connectivity index (χ4v) is 5.54. The van der Waals surface area contributed by atoms with Crippen molar-refractivity contribution >= 4 is 34.4 Å². The van der Waals surface area contributed by atoms with E-state index >= 15 is 0 Å². The number of alkyl halides is 2. The van der Waals surface area contributed by atoms with Crippen LogP contribution in [0.4, 0.5) is 14.6 Å². The highest BCUT2D eigenvalue weighted by Crippen LogP contribution is 2.29. The standard InChI is InChI=1S/C29H30ClF2N5O2/c1-2-33-26-14-12-21(16-34-26)37-25-6-4-3-5-24(25)36(29(37)39)17-18-7-10-20(11-8-18)35-28(38)23-15-19(30)9-13-22(23)27(31)32/h3-6,9,12-16,18,20,27H,2,7-8,10-11,17H2,1H3,(H,33,34)(H,35,38). The summed E-state index contributed by atoms with van der Waals surface area (Å²) in [6.45, 7) is 3.31. The summed E-state index contributed by atoms with van der Waals surface area (Å²) in [5.41, 5.74) is 1.84. The molecule has 2 aromatic heterocycles. The molecule has 10 heteroatoms. The van der Waals surface area contributed by atoms with Gasteiger partial charge in [0.2, 0.25) is 0 Å². The smallest absolute Gasteiger partial charge is 0.333 e. The summed E-state index contributed by atoms with van der Waals surface area (Å²) in [4.78, 5) is 30.8. The number of nitrogens with zero attached hydrogens (tertiary/aromatic N) is 3. The zero-order valence-electron chi connectivity index (χ0n) is 21.5. The first-order valence-corrected chi connectivity index (χ1v) is 13.5. The van der Waals surface area contributed by atoms with Gasteiger partial charge in [-0.2, -0.15) is 0 Å². The van der Waals surface area contributed by atoms with Gasteiger partial charge in [-0.15, -0.1) is 0 Å². The van der Waals surface area contributed by atoms with Gasteiger partial charge in [0, 0.05) is 35.3 Å². The zero-order valence-corrected chi connectivity index (χ0v) is 22.3. The number of aromatic nitrogens is 3. The number of rotatable bonds is 8. The molecule has 1 aliphatic carbocycles. The predicted octanol–water partition coefficient (Wildman–Crippen LogP) is 6.20. The van der Waals surface area contributed by atoms with Crippen molar-refractivity contribution in [3.63, 3.8) is 0 Å². The molecule has 5 rings (SSSR count). The first kappa shape index (κ1) is 26.9. The van der Waals surface area contributed by atoms with Crippen LogP contribution in [-0.4, -0.2) is 32.6 Å². The van der Waals surface area contributed by atoms with Crippen LogP contribution in [0.5, 0.6) is 0 Å². The largest absolute Gasteiger partial charge is 0.370 e. The van der Waals surface area contributed by atoms with E-state index < -0.39 is 12.3 Å². The highest BCUT2D eigenvalue weighted by Gasteiger charge is 2.27. The molecular formula is C29H30ClF2N5O2. The van der Waals surface area contributed by atoms with Crippen LogP contribution < -0.4 is 16.3 Å². The monoisotopic (exact) mass is 553 g/mol. The molecule has 1 saturated carbocycles. The molecule has 2 heterocycles. The summed E-state index contributed by atoms with van der Waals surface area (Å²) in [6, 6.07) is 15.2. The fraction of sp³-hybridized carbons (Fsp3) is 0.345. The fourth-order valence-electron chi connectivity index (χ4n) is 5.36. The van der Waals surface area contributed by atoms with Crippen molar-refractivity contribution in [2.24, 2.45) is 5.92 Å². The third-order valence-electron chi connectivity index (χ3n) is 7.32. The zero-order chi connectivity index (χ0) is 27.5. The Morgan fingerprint density at radius 1 is 1.08 bits per heavy atom. The van der Waals surface area contributed by atoms with Crippen LogP contribution in [0.1, 0.15) is 55.0 Å². The quantitative estimate of drug-likeness (QED) is 0.272. The van der Waals surface area contributed by atoms with E-state index in [2.05, 4.69) is 15.6 Å². The number of para-hydroxylation sites is 2. The molecule has 7 nitrogen and oxygen atoms in total. The van der Waals surface area contributed by atoms with Gasteiger partial charge in [0.25, 0.3) is 12.3 Å². The average molecular weight is 554 g/mol. The van der Waals surface area contributed by atoms with Crippen molar-refractivity contribution in [3.8, 4) is 5.69 Å². The summed E-state index contributed by atoms with van der Waals surface area (Å²) >= 11 is 5.96. The number of carbonyl (C=O) groups is 1. The van der Waals surface area contributed by atoms with E-state index in [-0.39, 0.29) is 33.8 Å². The first-order valence-electron chi connectivity index (χ1n) is 13.1. The van der Waals surface area contributed by atoms with Crippen molar-refractivity contribution in [3.05, 3.63) is 87.4 Å². The van der Waals surface area contributed by atoms with Crippen molar-refractivity contribution in [2.45, 2.75) is 51.6 Å². The van der Waals surface area contributed by atoms with E-state index in [1.807, 2.05) is 47.9 Å². The number of benzene rings is 2. The molecule has 0 aliphatic heterocycles. The third-order valence-corrected chi connectivity index (χ3v) is 7.55. The van der Waals surface area contributed by atoms with Gasteiger partial charge in [0.05, 0.1) is 22.9 Å². The van der Waals surface area contributed by atoms with E-state index in [0.29, 0.717) is 25.1 Å². The lowest BCUT2D eigenvalue weighted by atomic mass is 9.85. The van der Waals surface area contributed by atoms with Gasteiger partial charge in [-0.05, 0) is 74.9 Å². The van der Waals surface area contributed by atoms with Gasteiger partial charge < -0.3 is 10.6 Å². The molecule has 4 aromatic rings. The highest BCUT2D eigenvalue weighted by atomic mass is 35.5. The summed E-state index contributed by atoms with van der Waals surface area (Å²) < 4.78 is 30.3. The number of carbonyl (C=O) groups excluding carboxylic acids is 1. The van der Waals surface area contributed by atoms with E-state index in [9.17, 15) is 18.4 Å². The molecule has 39 heavy (non-hydrogen) atoms. The van der Waals surface area contributed by atoms with Crippen LogP contribution in [0.2, 0.25) is 5.02 Å². The van der Waals surface area contributed by atoms with Gasteiger partial charge in [-0.3, -0.25) is 13.9 Å². The number of hydrogen-bond acceptors (Lipinski definition) is 4. The molecule has 0 bridgehead atoms. The molecule has 2 aromatic carbocycles. The van der Waals surface area contributed by atoms with Crippen LogP contribution in [0, 0.1) is 5.92 Å². The lowest BCUT2D eigenvalue weighted by molar-refractivity contribution is 0.0907. The Balaban J connectivity index is 1.29. The topological polar surface area (TPSA) is 81.0 Å². The maximum Gasteiger partial charge on any atom is 0.333 e. The summed E-state index contributed by atoms with van der Waals surface area (Å²) in [5.74, 6) is 0.458. The van der Waals surface area contributed by atoms with Crippen LogP contribution in [0.15, 0.2) is 65.6 Å². The predicted molar refractivity (Wildman–Crippen MR) is 149 cm³/mol. The minimum absolute atomic E-state index is 0.0908. The van der Waals surface area contributed by atoms with Crippen molar-refractivity contribution in [1.82, 2.24) is 19.4 Å². The van der Waals surface area contributed by atoms with Crippen molar-refractivity contribution in [1.29, 1.82) is 0 Å². The number of nitrogens with one attached hydrogen (secondary N) is 2. The number of fused-ring (bicyclic) bond motifs is 1. The minimum atomic E-state index is -2.76. The summed E-state index contributed by atoms with van der Waals surface area (Å²) in [5, 5.41) is 6.31. The maximum absolute atomic E-state index is 13.6.